The lowest BCUT2D eigenvalue weighted by Crippen LogP contribution is -1.99. The lowest BCUT2D eigenvalue weighted by atomic mass is 10.2. The largest absolute Gasteiger partial charge is 0.489 e. The van der Waals surface area contributed by atoms with E-state index in [4.69, 9.17) is 9.84 Å². The molecule has 0 unspecified atom stereocenters. The van der Waals surface area contributed by atoms with E-state index in [2.05, 4.69) is 0 Å². The van der Waals surface area contributed by atoms with Crippen LogP contribution in [-0.4, -0.2) is 10.0 Å². The summed E-state index contributed by atoms with van der Waals surface area (Å²) in [6.45, 7) is -0.149. The topological polar surface area (TPSA) is 72.6 Å². The monoisotopic (exact) mass is 277 g/mol. The second kappa shape index (κ2) is 6.12. The number of ether oxygens (including phenoxy) is 1. The van der Waals surface area contributed by atoms with Crippen molar-refractivity contribution in [1.29, 1.82) is 0 Å². The predicted molar refractivity (Wildman–Crippen MR) is 69.8 cm³/mol. The maximum atomic E-state index is 13.0. The quantitative estimate of drug-likeness (QED) is 0.673. The molecule has 6 heteroatoms. The summed E-state index contributed by atoms with van der Waals surface area (Å²) in [4.78, 5) is 10.0. The molecular formula is C14H12FNO4. The standard InChI is InChI=1S/C14H12FNO4/c15-12-3-6-14(11(7-12)8-17)20-9-10-1-4-13(5-2-10)16(18)19/h1-7,17H,8-9H2. The molecule has 0 aliphatic heterocycles. The van der Waals surface area contributed by atoms with Gasteiger partial charge in [0.15, 0.2) is 0 Å². The van der Waals surface area contributed by atoms with Gasteiger partial charge in [0.25, 0.3) is 5.69 Å². The van der Waals surface area contributed by atoms with E-state index in [9.17, 15) is 14.5 Å². The lowest BCUT2D eigenvalue weighted by Gasteiger charge is -2.10. The van der Waals surface area contributed by atoms with Crippen molar-refractivity contribution in [3.8, 4) is 5.75 Å². The zero-order valence-electron chi connectivity index (χ0n) is 10.5. The molecule has 0 fully saturated rings. The number of nitro groups is 1. The average molecular weight is 277 g/mol. The Morgan fingerprint density at radius 2 is 1.90 bits per heavy atom. The van der Waals surface area contributed by atoms with Crippen molar-refractivity contribution in [3.63, 3.8) is 0 Å². The molecule has 0 amide bonds. The maximum absolute atomic E-state index is 13.0. The highest BCUT2D eigenvalue weighted by Crippen LogP contribution is 2.21. The van der Waals surface area contributed by atoms with Crippen LogP contribution in [0, 0.1) is 15.9 Å². The molecule has 2 aromatic rings. The molecule has 2 aromatic carbocycles. The van der Waals surface area contributed by atoms with Crippen molar-refractivity contribution in [3.05, 3.63) is 69.5 Å². The zero-order valence-corrected chi connectivity index (χ0v) is 10.5. The lowest BCUT2D eigenvalue weighted by molar-refractivity contribution is -0.384. The predicted octanol–water partition coefficient (Wildman–Crippen LogP) is 2.81. The number of nitrogens with zero attached hydrogens (tertiary/aromatic N) is 1. The maximum Gasteiger partial charge on any atom is 0.269 e. The molecule has 5 nitrogen and oxygen atoms in total. The Labute approximate surface area is 114 Å². The van der Waals surface area contributed by atoms with Crippen LogP contribution in [0.1, 0.15) is 11.1 Å². The van der Waals surface area contributed by atoms with E-state index in [-0.39, 0.29) is 18.9 Å². The van der Waals surface area contributed by atoms with E-state index in [1.165, 1.54) is 30.3 Å². The highest BCUT2D eigenvalue weighted by Gasteiger charge is 2.07. The number of nitro benzene ring substituents is 1. The van der Waals surface area contributed by atoms with Gasteiger partial charge < -0.3 is 9.84 Å². The molecule has 0 bridgehead atoms. The number of rotatable bonds is 5. The van der Waals surface area contributed by atoms with Crippen molar-refractivity contribution in [2.24, 2.45) is 0 Å². The van der Waals surface area contributed by atoms with Crippen LogP contribution in [0.15, 0.2) is 42.5 Å². The van der Waals surface area contributed by atoms with E-state index < -0.39 is 10.7 Å². The second-order valence-corrected chi connectivity index (χ2v) is 4.12. The highest BCUT2D eigenvalue weighted by atomic mass is 19.1. The molecule has 0 aliphatic carbocycles. The Morgan fingerprint density at radius 1 is 1.20 bits per heavy atom. The van der Waals surface area contributed by atoms with Gasteiger partial charge in [-0.15, -0.1) is 0 Å². The first-order chi connectivity index (χ1) is 9.60. The van der Waals surface area contributed by atoms with Gasteiger partial charge >= 0.3 is 0 Å². The van der Waals surface area contributed by atoms with Crippen molar-refractivity contribution in [1.82, 2.24) is 0 Å². The molecule has 0 atom stereocenters. The van der Waals surface area contributed by atoms with Crippen molar-refractivity contribution >= 4 is 5.69 Å². The summed E-state index contributed by atoms with van der Waals surface area (Å²) in [7, 11) is 0. The third-order valence-corrected chi connectivity index (χ3v) is 2.73. The average Bonchev–Trinajstić information content (AvgIpc) is 2.46. The molecule has 1 N–H and O–H groups in total. The van der Waals surface area contributed by atoms with E-state index in [0.717, 1.165) is 5.56 Å². The summed E-state index contributed by atoms with van der Waals surface area (Å²) in [6.07, 6.45) is 0. The van der Waals surface area contributed by atoms with E-state index in [1.54, 1.807) is 12.1 Å². The molecule has 20 heavy (non-hydrogen) atoms. The highest BCUT2D eigenvalue weighted by molar-refractivity contribution is 5.35. The van der Waals surface area contributed by atoms with Crippen LogP contribution in [0.5, 0.6) is 5.75 Å². The molecule has 0 saturated heterocycles. The van der Waals surface area contributed by atoms with Crippen LogP contribution in [-0.2, 0) is 13.2 Å². The Bertz CT molecular complexity index is 613. The van der Waals surface area contributed by atoms with Crippen LogP contribution < -0.4 is 4.74 Å². The Kier molecular flexibility index (Phi) is 4.27. The van der Waals surface area contributed by atoms with Crippen LogP contribution in [0.3, 0.4) is 0 Å². The molecule has 0 aliphatic rings. The van der Waals surface area contributed by atoms with Gasteiger partial charge in [0.1, 0.15) is 18.2 Å². The number of aliphatic hydroxyl groups is 1. The molecule has 0 heterocycles. The summed E-state index contributed by atoms with van der Waals surface area (Å²) < 4.78 is 18.5. The normalized spacial score (nSPS) is 10.3. The number of non-ortho nitro benzene ring substituents is 1. The first-order valence-electron chi connectivity index (χ1n) is 5.85. The number of hydrogen-bond acceptors (Lipinski definition) is 4. The van der Waals surface area contributed by atoms with Crippen LogP contribution in [0.4, 0.5) is 10.1 Å². The minimum Gasteiger partial charge on any atom is -0.489 e. The molecule has 0 spiro atoms. The minimum absolute atomic E-state index is 0.00609. The summed E-state index contributed by atoms with van der Waals surface area (Å²) in [5.74, 6) is -0.0658. The zero-order chi connectivity index (χ0) is 14.5. The molecule has 2 rings (SSSR count). The Morgan fingerprint density at radius 3 is 2.50 bits per heavy atom. The summed E-state index contributed by atoms with van der Waals surface area (Å²) >= 11 is 0. The fraction of sp³-hybridized carbons (Fsp3) is 0.143. The van der Waals surface area contributed by atoms with Crippen LogP contribution >= 0.6 is 0 Å². The van der Waals surface area contributed by atoms with Gasteiger partial charge in [-0.1, -0.05) is 0 Å². The van der Waals surface area contributed by atoms with Gasteiger partial charge in [-0.3, -0.25) is 10.1 Å². The van der Waals surface area contributed by atoms with E-state index >= 15 is 0 Å². The van der Waals surface area contributed by atoms with Crippen molar-refractivity contribution < 1.29 is 19.2 Å². The summed E-state index contributed by atoms with van der Waals surface area (Å²) in [6, 6.07) is 9.81. The summed E-state index contributed by atoms with van der Waals surface area (Å²) in [5.41, 5.74) is 1.10. The van der Waals surface area contributed by atoms with Crippen molar-refractivity contribution in [2.75, 3.05) is 0 Å². The van der Waals surface area contributed by atoms with E-state index in [0.29, 0.717) is 11.3 Å². The SMILES string of the molecule is O=[N+]([O-])c1ccc(COc2ccc(F)cc2CO)cc1. The minimum atomic E-state index is -0.478. The third kappa shape index (κ3) is 3.30. The Balaban J connectivity index is 2.06. The fourth-order valence-electron chi connectivity index (χ4n) is 1.69. The van der Waals surface area contributed by atoms with Gasteiger partial charge in [-0.25, -0.2) is 4.39 Å². The second-order valence-electron chi connectivity index (χ2n) is 4.12. The van der Waals surface area contributed by atoms with Crippen molar-refractivity contribution in [2.45, 2.75) is 13.2 Å². The molecule has 0 radical (unpaired) electrons. The number of halogens is 1. The number of hydrogen-bond donors (Lipinski definition) is 1. The third-order valence-electron chi connectivity index (χ3n) is 2.73. The number of benzene rings is 2. The van der Waals surface area contributed by atoms with Gasteiger partial charge in [0.2, 0.25) is 0 Å². The van der Waals surface area contributed by atoms with E-state index in [1.807, 2.05) is 0 Å². The smallest absolute Gasteiger partial charge is 0.269 e. The molecule has 0 saturated carbocycles. The first kappa shape index (κ1) is 14.0. The number of aliphatic hydroxyl groups excluding tert-OH is 1. The van der Waals surface area contributed by atoms with Gasteiger partial charge in [0.05, 0.1) is 11.5 Å². The molecule has 0 aromatic heterocycles. The molecule has 104 valence electrons. The van der Waals surface area contributed by atoms with Gasteiger partial charge in [0, 0.05) is 17.7 Å². The summed E-state index contributed by atoms with van der Waals surface area (Å²) in [5, 5.41) is 19.6. The molecular weight excluding hydrogens is 265 g/mol. The Hall–Kier alpha value is -2.47. The fourth-order valence-corrected chi connectivity index (χ4v) is 1.69. The first-order valence-corrected chi connectivity index (χ1v) is 5.85. The van der Waals surface area contributed by atoms with Gasteiger partial charge in [-0.2, -0.15) is 0 Å². The van der Waals surface area contributed by atoms with Crippen LogP contribution in [0.25, 0.3) is 0 Å². The van der Waals surface area contributed by atoms with Gasteiger partial charge in [-0.05, 0) is 35.9 Å². The van der Waals surface area contributed by atoms with Crippen LogP contribution in [0.2, 0.25) is 0 Å².